The molecular formula is C19H28N2O3. The molecule has 0 atom stereocenters. The highest BCUT2D eigenvalue weighted by molar-refractivity contribution is 5.93. The molecule has 2 rings (SSSR count). The molecule has 1 aromatic rings. The predicted molar refractivity (Wildman–Crippen MR) is 95.1 cm³/mol. The molecule has 5 heteroatoms. The Kier molecular flexibility index (Phi) is 7.75. The van der Waals surface area contributed by atoms with Gasteiger partial charge in [-0.15, -0.1) is 0 Å². The van der Waals surface area contributed by atoms with Crippen molar-refractivity contribution in [1.29, 1.82) is 0 Å². The van der Waals surface area contributed by atoms with E-state index in [1.165, 1.54) is 38.5 Å². The third kappa shape index (κ3) is 6.32. The van der Waals surface area contributed by atoms with Crippen LogP contribution in [0.1, 0.15) is 62.2 Å². The number of esters is 1. The van der Waals surface area contributed by atoms with E-state index in [4.69, 9.17) is 4.74 Å². The molecule has 0 aliphatic heterocycles. The summed E-state index contributed by atoms with van der Waals surface area (Å²) in [5.74, 6) is -0.358. The van der Waals surface area contributed by atoms with Gasteiger partial charge >= 0.3 is 5.97 Å². The molecular weight excluding hydrogens is 304 g/mol. The number of rotatable bonds is 7. The van der Waals surface area contributed by atoms with Crippen LogP contribution in [0.4, 0.5) is 5.69 Å². The van der Waals surface area contributed by atoms with E-state index in [0.29, 0.717) is 36.9 Å². The summed E-state index contributed by atoms with van der Waals surface area (Å²) >= 11 is 0. The fourth-order valence-corrected chi connectivity index (χ4v) is 3.00. The Balaban J connectivity index is 1.70. The molecule has 0 aromatic heterocycles. The lowest BCUT2D eigenvalue weighted by Crippen LogP contribution is -2.31. The number of anilines is 1. The number of ether oxygens (including phenoxy) is 1. The van der Waals surface area contributed by atoms with Crippen LogP contribution < -0.4 is 10.6 Å². The summed E-state index contributed by atoms with van der Waals surface area (Å²) < 4.78 is 4.93. The Hall–Kier alpha value is -1.88. The first kappa shape index (κ1) is 18.5. The third-order valence-corrected chi connectivity index (χ3v) is 4.32. The lowest BCUT2D eigenvalue weighted by Gasteiger charge is -2.15. The number of amides is 1. The predicted octanol–water partition coefficient (Wildman–Crippen LogP) is 3.50. The molecule has 24 heavy (non-hydrogen) atoms. The summed E-state index contributed by atoms with van der Waals surface area (Å²) in [7, 11) is 0. The van der Waals surface area contributed by atoms with E-state index in [1.54, 1.807) is 31.2 Å². The fourth-order valence-electron chi connectivity index (χ4n) is 3.00. The highest BCUT2D eigenvalue weighted by Gasteiger charge is 2.12. The number of nitrogens with one attached hydrogen (secondary N) is 2. The SMILES string of the molecule is CCOC(=O)c1ccc(NC(=O)CCNC2CCCCCC2)cc1. The van der Waals surface area contributed by atoms with Gasteiger partial charge in [-0.25, -0.2) is 4.79 Å². The van der Waals surface area contributed by atoms with Crippen LogP contribution in [0.2, 0.25) is 0 Å². The molecule has 2 N–H and O–H groups in total. The van der Waals surface area contributed by atoms with E-state index < -0.39 is 0 Å². The molecule has 1 aliphatic rings. The topological polar surface area (TPSA) is 67.4 Å². The van der Waals surface area contributed by atoms with Crippen LogP contribution in [0.3, 0.4) is 0 Å². The van der Waals surface area contributed by atoms with Gasteiger partial charge in [-0.05, 0) is 44.0 Å². The van der Waals surface area contributed by atoms with Gasteiger partial charge < -0.3 is 15.4 Å². The van der Waals surface area contributed by atoms with Gasteiger partial charge in [-0.3, -0.25) is 4.79 Å². The first-order valence-electron chi connectivity index (χ1n) is 8.99. The minimum absolute atomic E-state index is 0.0139. The molecule has 1 saturated carbocycles. The Morgan fingerprint density at radius 2 is 1.75 bits per heavy atom. The smallest absolute Gasteiger partial charge is 0.338 e. The lowest BCUT2D eigenvalue weighted by atomic mass is 10.1. The van der Waals surface area contributed by atoms with E-state index >= 15 is 0 Å². The van der Waals surface area contributed by atoms with Crippen molar-refractivity contribution in [3.63, 3.8) is 0 Å². The molecule has 0 saturated heterocycles. The maximum Gasteiger partial charge on any atom is 0.338 e. The summed E-state index contributed by atoms with van der Waals surface area (Å²) in [4.78, 5) is 23.6. The lowest BCUT2D eigenvalue weighted by molar-refractivity contribution is -0.116. The van der Waals surface area contributed by atoms with Crippen molar-refractivity contribution in [1.82, 2.24) is 5.32 Å². The molecule has 0 bridgehead atoms. The molecule has 1 aromatic carbocycles. The number of hydrogen-bond donors (Lipinski definition) is 2. The first-order valence-corrected chi connectivity index (χ1v) is 8.99. The van der Waals surface area contributed by atoms with Gasteiger partial charge in [0.1, 0.15) is 0 Å². The third-order valence-electron chi connectivity index (χ3n) is 4.32. The van der Waals surface area contributed by atoms with E-state index in [0.717, 1.165) is 0 Å². The Labute approximate surface area is 144 Å². The van der Waals surface area contributed by atoms with Crippen molar-refractivity contribution in [3.8, 4) is 0 Å². The first-order chi connectivity index (χ1) is 11.7. The summed E-state index contributed by atoms with van der Waals surface area (Å²) in [6, 6.07) is 7.34. The quantitative estimate of drug-likeness (QED) is 0.592. The van der Waals surface area contributed by atoms with Gasteiger partial charge in [0, 0.05) is 24.7 Å². The second kappa shape index (κ2) is 10.1. The zero-order chi connectivity index (χ0) is 17.2. The van der Waals surface area contributed by atoms with E-state index in [2.05, 4.69) is 10.6 Å². The normalized spacial score (nSPS) is 15.5. The fraction of sp³-hybridized carbons (Fsp3) is 0.579. The second-order valence-electron chi connectivity index (χ2n) is 6.24. The van der Waals surface area contributed by atoms with E-state index in [1.807, 2.05) is 0 Å². The van der Waals surface area contributed by atoms with Crippen molar-refractivity contribution >= 4 is 17.6 Å². The summed E-state index contributed by atoms with van der Waals surface area (Å²) in [5, 5.41) is 6.35. The summed E-state index contributed by atoms with van der Waals surface area (Å²) in [6.07, 6.45) is 8.14. The average molecular weight is 332 g/mol. The number of carbonyl (C=O) groups excluding carboxylic acids is 2. The molecule has 132 valence electrons. The Morgan fingerprint density at radius 1 is 1.08 bits per heavy atom. The van der Waals surface area contributed by atoms with Crippen LogP contribution in [-0.2, 0) is 9.53 Å². The molecule has 0 unspecified atom stereocenters. The zero-order valence-electron chi connectivity index (χ0n) is 14.5. The molecule has 0 heterocycles. The maximum absolute atomic E-state index is 12.0. The van der Waals surface area contributed by atoms with Crippen molar-refractivity contribution in [3.05, 3.63) is 29.8 Å². The minimum atomic E-state index is -0.344. The highest BCUT2D eigenvalue weighted by Crippen LogP contribution is 2.17. The molecule has 1 amide bonds. The van der Waals surface area contributed by atoms with Crippen LogP contribution in [0.25, 0.3) is 0 Å². The van der Waals surface area contributed by atoms with Crippen LogP contribution in [0, 0.1) is 0 Å². The van der Waals surface area contributed by atoms with Gasteiger partial charge in [0.2, 0.25) is 5.91 Å². The van der Waals surface area contributed by atoms with Gasteiger partial charge in [-0.1, -0.05) is 25.7 Å². The minimum Gasteiger partial charge on any atom is -0.462 e. The number of hydrogen-bond acceptors (Lipinski definition) is 4. The number of carbonyl (C=O) groups is 2. The van der Waals surface area contributed by atoms with E-state index in [-0.39, 0.29) is 11.9 Å². The molecule has 5 nitrogen and oxygen atoms in total. The maximum atomic E-state index is 12.0. The molecule has 0 spiro atoms. The van der Waals surface area contributed by atoms with Crippen LogP contribution in [0.15, 0.2) is 24.3 Å². The average Bonchev–Trinajstić information content (AvgIpc) is 2.84. The molecule has 1 fully saturated rings. The molecule has 0 radical (unpaired) electrons. The second-order valence-corrected chi connectivity index (χ2v) is 6.24. The van der Waals surface area contributed by atoms with Gasteiger partial charge in [0.05, 0.1) is 12.2 Å². The number of benzene rings is 1. The Morgan fingerprint density at radius 3 is 2.38 bits per heavy atom. The van der Waals surface area contributed by atoms with Crippen molar-refractivity contribution in [2.45, 2.75) is 57.9 Å². The highest BCUT2D eigenvalue weighted by atomic mass is 16.5. The van der Waals surface area contributed by atoms with Crippen LogP contribution >= 0.6 is 0 Å². The monoisotopic (exact) mass is 332 g/mol. The van der Waals surface area contributed by atoms with Crippen molar-refractivity contribution in [2.24, 2.45) is 0 Å². The van der Waals surface area contributed by atoms with Gasteiger partial charge in [0.25, 0.3) is 0 Å². The van der Waals surface area contributed by atoms with Crippen molar-refractivity contribution in [2.75, 3.05) is 18.5 Å². The Bertz CT molecular complexity index is 520. The van der Waals surface area contributed by atoms with Crippen molar-refractivity contribution < 1.29 is 14.3 Å². The standard InChI is InChI=1S/C19H28N2O3/c1-2-24-19(23)15-9-11-17(12-10-15)21-18(22)13-14-20-16-7-5-3-4-6-8-16/h9-12,16,20H,2-8,13-14H2,1H3,(H,21,22). The van der Waals surface area contributed by atoms with E-state index in [9.17, 15) is 9.59 Å². The van der Waals surface area contributed by atoms with Crippen LogP contribution in [0.5, 0.6) is 0 Å². The molecule has 1 aliphatic carbocycles. The van der Waals surface area contributed by atoms with Gasteiger partial charge in [0.15, 0.2) is 0 Å². The van der Waals surface area contributed by atoms with Gasteiger partial charge in [-0.2, -0.15) is 0 Å². The van der Waals surface area contributed by atoms with Crippen LogP contribution in [-0.4, -0.2) is 31.1 Å². The zero-order valence-corrected chi connectivity index (χ0v) is 14.5. The summed E-state index contributed by atoms with van der Waals surface area (Å²) in [6.45, 7) is 2.83. The summed E-state index contributed by atoms with van der Waals surface area (Å²) in [5.41, 5.74) is 1.19. The largest absolute Gasteiger partial charge is 0.462 e.